The van der Waals surface area contributed by atoms with Crippen LogP contribution in [0.4, 0.5) is 0 Å². The monoisotopic (exact) mass is 126 g/mol. The average molecular weight is 126 g/mol. The molecule has 0 aromatic rings. The summed E-state index contributed by atoms with van der Waals surface area (Å²) >= 11 is 0. The van der Waals surface area contributed by atoms with Gasteiger partial charge in [0.15, 0.2) is 0 Å². The minimum Gasteiger partial charge on any atom is -0.370 e. The summed E-state index contributed by atoms with van der Waals surface area (Å²) in [6, 6.07) is 0. The van der Waals surface area contributed by atoms with Crippen LogP contribution in [0.2, 0.25) is 0 Å². The van der Waals surface area contributed by atoms with Gasteiger partial charge in [-0.05, 0) is 6.92 Å². The molecule has 0 saturated carbocycles. The maximum Gasteiger partial charge on any atom is 0.138 e. The predicted octanol–water partition coefficient (Wildman–Crippen LogP) is -0.687. The molecule has 9 heavy (non-hydrogen) atoms. The van der Waals surface area contributed by atoms with Gasteiger partial charge in [-0.25, -0.2) is 10.8 Å². The van der Waals surface area contributed by atoms with Crippen LogP contribution in [0.5, 0.6) is 0 Å². The number of aliphatic imine (C=N–C) groups is 1. The quantitative estimate of drug-likeness (QED) is 0.297. The third-order valence-electron chi connectivity index (χ3n) is 1.11. The molecule has 4 N–H and O–H groups in total. The van der Waals surface area contributed by atoms with E-state index in [4.69, 9.17) is 5.84 Å². The Bertz CT molecular complexity index is 158. The van der Waals surface area contributed by atoms with Gasteiger partial charge in [0.25, 0.3) is 0 Å². The van der Waals surface area contributed by atoms with Gasteiger partial charge in [-0.15, -0.1) is 0 Å². The van der Waals surface area contributed by atoms with Crippen molar-refractivity contribution in [2.75, 3.05) is 6.67 Å². The summed E-state index contributed by atoms with van der Waals surface area (Å²) in [5, 5.41) is 3.02. The molecule has 4 nitrogen and oxygen atoms in total. The lowest BCUT2D eigenvalue weighted by Gasteiger charge is -2.10. The van der Waals surface area contributed by atoms with E-state index < -0.39 is 0 Å². The molecule has 0 unspecified atom stereocenters. The highest BCUT2D eigenvalue weighted by atomic mass is 15.3. The van der Waals surface area contributed by atoms with Crippen molar-refractivity contribution in [3.63, 3.8) is 0 Å². The Kier molecular flexibility index (Phi) is 1.69. The first-order valence-electron chi connectivity index (χ1n) is 2.76. The molecular weight excluding hydrogens is 116 g/mol. The Hall–Kier alpha value is -1.03. The number of hydrogen-bond acceptors (Lipinski definition) is 4. The molecule has 0 spiro atoms. The van der Waals surface area contributed by atoms with Crippen molar-refractivity contribution in [2.24, 2.45) is 10.8 Å². The highest BCUT2D eigenvalue weighted by Crippen LogP contribution is 1.91. The van der Waals surface area contributed by atoms with Crippen molar-refractivity contribution in [1.29, 1.82) is 0 Å². The molecule has 0 atom stereocenters. The lowest BCUT2D eigenvalue weighted by Crippen LogP contribution is -2.33. The first kappa shape index (κ1) is 6.10. The van der Waals surface area contributed by atoms with Gasteiger partial charge in [0.2, 0.25) is 0 Å². The molecule has 0 aromatic heterocycles. The van der Waals surface area contributed by atoms with E-state index in [0.717, 1.165) is 11.5 Å². The summed E-state index contributed by atoms with van der Waals surface area (Å²) in [5.41, 5.74) is 3.55. The lowest BCUT2D eigenvalue weighted by molar-refractivity contribution is 0.801. The van der Waals surface area contributed by atoms with Crippen LogP contribution < -0.4 is 16.6 Å². The zero-order chi connectivity index (χ0) is 6.69. The van der Waals surface area contributed by atoms with Crippen LogP contribution in [-0.2, 0) is 0 Å². The molecule has 50 valence electrons. The Morgan fingerprint density at radius 2 is 2.67 bits per heavy atom. The van der Waals surface area contributed by atoms with Crippen molar-refractivity contribution in [3.8, 4) is 0 Å². The van der Waals surface area contributed by atoms with Crippen LogP contribution in [0, 0.1) is 0 Å². The first-order chi connectivity index (χ1) is 4.33. The normalized spacial score (nSPS) is 17.6. The molecule has 1 rings (SSSR count). The van der Waals surface area contributed by atoms with Crippen LogP contribution in [0.15, 0.2) is 16.8 Å². The molecule has 0 aliphatic carbocycles. The van der Waals surface area contributed by atoms with Gasteiger partial charge in [-0.1, -0.05) is 0 Å². The summed E-state index contributed by atoms with van der Waals surface area (Å²) in [6.07, 6.45) is 1.85. The summed E-state index contributed by atoms with van der Waals surface area (Å²) in [7, 11) is 0. The molecule has 0 saturated heterocycles. The minimum atomic E-state index is 0.613. The van der Waals surface area contributed by atoms with E-state index in [-0.39, 0.29) is 0 Å². The first-order valence-corrected chi connectivity index (χ1v) is 2.76. The van der Waals surface area contributed by atoms with Crippen LogP contribution in [0.3, 0.4) is 0 Å². The third-order valence-corrected chi connectivity index (χ3v) is 1.11. The number of nitrogens with one attached hydrogen (secondary N) is 2. The number of hydrogen-bond donors (Lipinski definition) is 3. The maximum absolute atomic E-state index is 5.11. The number of amidine groups is 1. The molecule has 1 aliphatic heterocycles. The average Bonchev–Trinajstić information content (AvgIpc) is 1.88. The van der Waals surface area contributed by atoms with E-state index >= 15 is 0 Å². The Morgan fingerprint density at radius 3 is 3.11 bits per heavy atom. The topological polar surface area (TPSA) is 62.4 Å². The molecule has 0 aromatic carbocycles. The fourth-order valence-electron chi connectivity index (χ4n) is 0.638. The van der Waals surface area contributed by atoms with E-state index in [0.29, 0.717) is 6.67 Å². The molecule has 0 bridgehead atoms. The fourth-order valence-corrected chi connectivity index (χ4v) is 0.638. The zero-order valence-corrected chi connectivity index (χ0v) is 5.31. The van der Waals surface area contributed by atoms with E-state index in [1.807, 2.05) is 13.0 Å². The van der Waals surface area contributed by atoms with Crippen molar-refractivity contribution in [1.82, 2.24) is 10.7 Å². The van der Waals surface area contributed by atoms with Crippen molar-refractivity contribution < 1.29 is 0 Å². The summed E-state index contributed by atoms with van der Waals surface area (Å²) < 4.78 is 0. The largest absolute Gasteiger partial charge is 0.370 e. The number of nitrogens with two attached hydrogens (primary N) is 1. The number of hydrazine groups is 1. The SMILES string of the molecule is CC1=CC(NN)=NCN1. The van der Waals surface area contributed by atoms with Gasteiger partial charge >= 0.3 is 0 Å². The number of rotatable bonds is 0. The third kappa shape index (κ3) is 1.43. The van der Waals surface area contributed by atoms with Crippen molar-refractivity contribution >= 4 is 5.84 Å². The minimum absolute atomic E-state index is 0.613. The van der Waals surface area contributed by atoms with E-state index in [1.54, 1.807) is 0 Å². The molecule has 4 heteroatoms. The number of nitrogens with zero attached hydrogens (tertiary/aromatic N) is 1. The van der Waals surface area contributed by atoms with Crippen LogP contribution in [-0.4, -0.2) is 12.5 Å². The van der Waals surface area contributed by atoms with Gasteiger partial charge in [0.1, 0.15) is 12.5 Å². The molecule has 1 aliphatic rings. The van der Waals surface area contributed by atoms with E-state index in [2.05, 4.69) is 15.7 Å². The highest BCUT2D eigenvalue weighted by Gasteiger charge is 1.97. The molecule has 0 radical (unpaired) electrons. The molecule has 0 amide bonds. The predicted molar refractivity (Wildman–Crippen MR) is 36.5 cm³/mol. The summed E-state index contributed by atoms with van der Waals surface area (Å²) in [4.78, 5) is 3.99. The highest BCUT2D eigenvalue weighted by molar-refractivity contribution is 5.93. The van der Waals surface area contributed by atoms with Gasteiger partial charge in [-0.3, -0.25) is 0 Å². The second-order valence-corrected chi connectivity index (χ2v) is 1.85. The summed E-state index contributed by atoms with van der Waals surface area (Å²) in [6.45, 7) is 2.58. The Morgan fingerprint density at radius 1 is 1.89 bits per heavy atom. The van der Waals surface area contributed by atoms with E-state index in [1.165, 1.54) is 0 Å². The van der Waals surface area contributed by atoms with Crippen LogP contribution in [0.25, 0.3) is 0 Å². The Balaban J connectivity index is 2.63. The summed E-state index contributed by atoms with van der Waals surface area (Å²) in [5.74, 6) is 5.84. The van der Waals surface area contributed by atoms with E-state index in [9.17, 15) is 0 Å². The van der Waals surface area contributed by atoms with Crippen LogP contribution in [0.1, 0.15) is 6.92 Å². The second kappa shape index (κ2) is 2.50. The fraction of sp³-hybridized carbons (Fsp3) is 0.400. The standard InChI is InChI=1S/C5H10N4/c1-4-2-5(9-6)8-3-7-4/h2,7H,3,6H2,1H3,(H,8,9). The lowest BCUT2D eigenvalue weighted by atomic mass is 10.4. The smallest absolute Gasteiger partial charge is 0.138 e. The number of allylic oxidation sites excluding steroid dienone is 1. The van der Waals surface area contributed by atoms with Crippen molar-refractivity contribution in [2.45, 2.75) is 6.92 Å². The van der Waals surface area contributed by atoms with Gasteiger partial charge in [-0.2, -0.15) is 0 Å². The zero-order valence-electron chi connectivity index (χ0n) is 5.31. The van der Waals surface area contributed by atoms with Crippen LogP contribution >= 0.6 is 0 Å². The second-order valence-electron chi connectivity index (χ2n) is 1.85. The molecule has 0 fully saturated rings. The molecular formula is C5H10N4. The Labute approximate surface area is 53.8 Å². The van der Waals surface area contributed by atoms with Crippen molar-refractivity contribution in [3.05, 3.63) is 11.8 Å². The molecule has 1 heterocycles. The van der Waals surface area contributed by atoms with Gasteiger partial charge in [0.05, 0.1) is 0 Å². The maximum atomic E-state index is 5.11. The van der Waals surface area contributed by atoms with Gasteiger partial charge < -0.3 is 10.7 Å². The van der Waals surface area contributed by atoms with Gasteiger partial charge in [0, 0.05) is 11.8 Å².